The fourth-order valence-electron chi connectivity index (χ4n) is 2.71. The third kappa shape index (κ3) is 5.88. The highest BCUT2D eigenvalue weighted by molar-refractivity contribution is 8.01. The van der Waals surface area contributed by atoms with Crippen LogP contribution in [0, 0.1) is 5.82 Å². The van der Waals surface area contributed by atoms with Crippen molar-refractivity contribution in [2.45, 2.75) is 30.4 Å². The molecule has 8 nitrogen and oxygen atoms in total. The second kappa shape index (κ2) is 9.30. The van der Waals surface area contributed by atoms with Gasteiger partial charge in [-0.2, -0.15) is 0 Å². The van der Waals surface area contributed by atoms with Crippen molar-refractivity contribution in [1.29, 1.82) is 0 Å². The van der Waals surface area contributed by atoms with Gasteiger partial charge in [0.1, 0.15) is 5.82 Å². The van der Waals surface area contributed by atoms with E-state index in [0.717, 1.165) is 0 Å². The molecule has 3 amide bonds. The van der Waals surface area contributed by atoms with Crippen LogP contribution in [-0.2, 0) is 9.53 Å². The van der Waals surface area contributed by atoms with Gasteiger partial charge in [0.2, 0.25) is 11.0 Å². The molecule has 28 heavy (non-hydrogen) atoms. The molecule has 0 saturated carbocycles. The van der Waals surface area contributed by atoms with Crippen LogP contribution in [0.3, 0.4) is 0 Å². The number of thioether (sulfide) groups is 1. The zero-order chi connectivity index (χ0) is 20.1. The molecule has 2 aromatic rings. The van der Waals surface area contributed by atoms with Gasteiger partial charge in [-0.05, 0) is 38.1 Å². The van der Waals surface area contributed by atoms with Gasteiger partial charge in [-0.25, -0.2) is 9.18 Å². The number of urea groups is 1. The van der Waals surface area contributed by atoms with Crippen molar-refractivity contribution in [3.8, 4) is 0 Å². The van der Waals surface area contributed by atoms with E-state index < -0.39 is 6.03 Å². The lowest BCUT2D eigenvalue weighted by Gasteiger charge is -2.35. The summed E-state index contributed by atoms with van der Waals surface area (Å²) < 4.78 is 19.1. The maximum absolute atomic E-state index is 12.9. The molecule has 1 aliphatic heterocycles. The SMILES string of the molecule is C[C@@H]1CN(C(=O)CSc2nnc(NC(=O)Nc3ccc(F)cc3)s2)C[C@H](C)O1. The Hall–Kier alpha value is -2.24. The lowest BCUT2D eigenvalue weighted by Crippen LogP contribution is -2.48. The van der Waals surface area contributed by atoms with Crippen molar-refractivity contribution < 1.29 is 18.7 Å². The summed E-state index contributed by atoms with van der Waals surface area (Å²) in [6.45, 7) is 5.05. The summed E-state index contributed by atoms with van der Waals surface area (Å²) in [5.74, 6) is -0.117. The van der Waals surface area contributed by atoms with Gasteiger partial charge in [0.05, 0.1) is 18.0 Å². The number of morpholine rings is 1. The average molecular weight is 426 g/mol. The largest absolute Gasteiger partial charge is 0.372 e. The van der Waals surface area contributed by atoms with Crippen molar-refractivity contribution in [2.75, 3.05) is 29.5 Å². The lowest BCUT2D eigenvalue weighted by molar-refractivity contribution is -0.140. The van der Waals surface area contributed by atoms with Crippen LogP contribution in [0.2, 0.25) is 0 Å². The Balaban J connectivity index is 1.46. The number of hydrogen-bond donors (Lipinski definition) is 2. The Morgan fingerprint density at radius 2 is 1.89 bits per heavy atom. The molecule has 0 unspecified atom stereocenters. The highest BCUT2D eigenvalue weighted by atomic mass is 32.2. The highest BCUT2D eigenvalue weighted by Crippen LogP contribution is 2.26. The molecule has 1 aromatic carbocycles. The van der Waals surface area contributed by atoms with Gasteiger partial charge in [0.15, 0.2) is 4.34 Å². The quantitative estimate of drug-likeness (QED) is 0.565. The van der Waals surface area contributed by atoms with E-state index in [4.69, 9.17) is 4.74 Å². The topological polar surface area (TPSA) is 96.5 Å². The molecule has 2 atom stereocenters. The van der Waals surface area contributed by atoms with Crippen LogP contribution in [-0.4, -0.2) is 58.1 Å². The van der Waals surface area contributed by atoms with Crippen molar-refractivity contribution >= 4 is 45.9 Å². The molecule has 2 N–H and O–H groups in total. The van der Waals surface area contributed by atoms with E-state index >= 15 is 0 Å². The summed E-state index contributed by atoms with van der Waals surface area (Å²) in [5.41, 5.74) is 0.456. The van der Waals surface area contributed by atoms with Gasteiger partial charge < -0.3 is 15.0 Å². The maximum atomic E-state index is 12.9. The molecule has 1 aliphatic rings. The first-order valence-electron chi connectivity index (χ1n) is 8.62. The third-order valence-electron chi connectivity index (χ3n) is 3.82. The summed E-state index contributed by atoms with van der Waals surface area (Å²) in [5, 5.41) is 13.3. The van der Waals surface area contributed by atoms with Crippen LogP contribution in [0.25, 0.3) is 0 Å². The van der Waals surface area contributed by atoms with E-state index in [1.165, 1.54) is 47.4 Å². The molecule has 1 aromatic heterocycles. The molecule has 0 radical (unpaired) electrons. The first kappa shape index (κ1) is 20.5. The molecular formula is C17H20FN5O3S2. The number of aromatic nitrogens is 2. The Kier molecular flexibility index (Phi) is 6.81. The number of anilines is 2. The Morgan fingerprint density at radius 1 is 1.21 bits per heavy atom. The number of halogens is 1. The lowest BCUT2D eigenvalue weighted by atomic mass is 10.2. The van der Waals surface area contributed by atoms with E-state index in [1.807, 2.05) is 13.8 Å². The van der Waals surface area contributed by atoms with Crippen LogP contribution >= 0.6 is 23.1 Å². The summed E-state index contributed by atoms with van der Waals surface area (Å²) in [6.07, 6.45) is 0.0457. The van der Waals surface area contributed by atoms with Crippen LogP contribution in [0.4, 0.5) is 20.0 Å². The predicted octanol–water partition coefficient (Wildman–Crippen LogP) is 3.05. The van der Waals surface area contributed by atoms with Gasteiger partial charge in [-0.1, -0.05) is 23.1 Å². The Bertz CT molecular complexity index is 822. The molecule has 0 spiro atoms. The number of carbonyl (C=O) groups excluding carboxylic acids is 2. The molecule has 2 heterocycles. The van der Waals surface area contributed by atoms with Gasteiger partial charge >= 0.3 is 6.03 Å². The fourth-order valence-corrected chi connectivity index (χ4v) is 4.36. The Morgan fingerprint density at radius 3 is 2.57 bits per heavy atom. The van der Waals surface area contributed by atoms with E-state index in [2.05, 4.69) is 20.8 Å². The number of hydrogen-bond acceptors (Lipinski definition) is 7. The van der Waals surface area contributed by atoms with Crippen LogP contribution in [0.5, 0.6) is 0 Å². The van der Waals surface area contributed by atoms with Crippen LogP contribution < -0.4 is 10.6 Å². The number of carbonyl (C=O) groups is 2. The fraction of sp³-hybridized carbons (Fsp3) is 0.412. The molecule has 0 bridgehead atoms. The van der Waals surface area contributed by atoms with E-state index in [0.29, 0.717) is 28.2 Å². The zero-order valence-corrected chi connectivity index (χ0v) is 17.0. The number of nitrogens with zero attached hydrogens (tertiary/aromatic N) is 3. The first-order chi connectivity index (χ1) is 13.4. The van der Waals surface area contributed by atoms with Crippen molar-refractivity contribution in [2.24, 2.45) is 0 Å². The van der Waals surface area contributed by atoms with E-state index in [9.17, 15) is 14.0 Å². The molecule has 0 aliphatic carbocycles. The van der Waals surface area contributed by atoms with Crippen molar-refractivity contribution in [3.05, 3.63) is 30.1 Å². The monoisotopic (exact) mass is 425 g/mol. The standard InChI is InChI=1S/C17H20FN5O3S2/c1-10-7-23(8-11(2)26-10)14(24)9-27-17-22-21-16(28-17)20-15(25)19-13-5-3-12(18)4-6-13/h3-6,10-11H,7-9H2,1-2H3,(H2,19,20,21,25)/t10-,11+. The number of amides is 3. The van der Waals surface area contributed by atoms with Gasteiger partial charge in [-0.3, -0.25) is 10.1 Å². The smallest absolute Gasteiger partial charge is 0.325 e. The minimum atomic E-state index is -0.508. The number of rotatable bonds is 5. The third-order valence-corrected chi connectivity index (χ3v) is 5.78. The zero-order valence-electron chi connectivity index (χ0n) is 15.3. The maximum Gasteiger partial charge on any atom is 0.325 e. The Labute approximate surface area is 169 Å². The van der Waals surface area contributed by atoms with Crippen LogP contribution in [0.15, 0.2) is 28.6 Å². The highest BCUT2D eigenvalue weighted by Gasteiger charge is 2.26. The van der Waals surface area contributed by atoms with E-state index in [1.54, 1.807) is 4.90 Å². The van der Waals surface area contributed by atoms with Gasteiger partial charge in [-0.15, -0.1) is 10.2 Å². The second-order valence-corrected chi connectivity index (χ2v) is 8.50. The average Bonchev–Trinajstić information content (AvgIpc) is 3.08. The number of benzene rings is 1. The minimum absolute atomic E-state index is 0.0192. The molecule has 150 valence electrons. The molecule has 3 rings (SSSR count). The normalized spacial score (nSPS) is 19.3. The summed E-state index contributed by atoms with van der Waals surface area (Å²) in [4.78, 5) is 26.1. The second-order valence-electron chi connectivity index (χ2n) is 6.30. The van der Waals surface area contributed by atoms with Crippen molar-refractivity contribution in [1.82, 2.24) is 15.1 Å². The predicted molar refractivity (Wildman–Crippen MR) is 106 cm³/mol. The summed E-state index contributed by atoms with van der Waals surface area (Å²) in [6, 6.07) is 4.90. The van der Waals surface area contributed by atoms with Gasteiger partial charge in [0, 0.05) is 18.8 Å². The minimum Gasteiger partial charge on any atom is -0.372 e. The van der Waals surface area contributed by atoms with Crippen LogP contribution in [0.1, 0.15) is 13.8 Å². The summed E-state index contributed by atoms with van der Waals surface area (Å²) >= 11 is 2.45. The number of nitrogens with one attached hydrogen (secondary N) is 2. The number of ether oxygens (including phenoxy) is 1. The molecule has 1 fully saturated rings. The van der Waals surface area contributed by atoms with Crippen molar-refractivity contribution in [3.63, 3.8) is 0 Å². The first-order valence-corrected chi connectivity index (χ1v) is 10.4. The molecule has 1 saturated heterocycles. The molecule has 11 heteroatoms. The van der Waals surface area contributed by atoms with Gasteiger partial charge in [0.25, 0.3) is 0 Å². The van der Waals surface area contributed by atoms with E-state index in [-0.39, 0.29) is 29.7 Å². The molecular weight excluding hydrogens is 405 g/mol. The summed E-state index contributed by atoms with van der Waals surface area (Å²) in [7, 11) is 0.